The standard InChI is InChI=1S/C19H17F2N3O2/c1-11(2)18-22-16-10-15(21)14(20)9-13(16)19(26)24(18)23-17(25)8-12-6-4-3-5-7-12/h3-7,9-11H,8H2,1-2H3,(H,23,25). The normalized spacial score (nSPS) is 11.1. The van der Waals surface area contributed by atoms with Crippen molar-refractivity contribution in [2.45, 2.75) is 26.2 Å². The van der Waals surface area contributed by atoms with Gasteiger partial charge in [-0.3, -0.25) is 15.0 Å². The highest BCUT2D eigenvalue weighted by molar-refractivity contribution is 5.86. The molecule has 7 heteroatoms. The van der Waals surface area contributed by atoms with Crippen molar-refractivity contribution < 1.29 is 13.6 Å². The Morgan fingerprint density at radius 2 is 1.81 bits per heavy atom. The summed E-state index contributed by atoms with van der Waals surface area (Å²) in [7, 11) is 0. The van der Waals surface area contributed by atoms with Crippen LogP contribution in [0.15, 0.2) is 47.3 Å². The van der Waals surface area contributed by atoms with Crippen LogP contribution < -0.4 is 11.0 Å². The van der Waals surface area contributed by atoms with Gasteiger partial charge in [0.1, 0.15) is 5.82 Å². The van der Waals surface area contributed by atoms with Gasteiger partial charge in [-0.15, -0.1) is 0 Å². The van der Waals surface area contributed by atoms with Gasteiger partial charge in [0.25, 0.3) is 5.56 Å². The molecule has 0 unspecified atom stereocenters. The highest BCUT2D eigenvalue weighted by atomic mass is 19.2. The number of carbonyl (C=O) groups excluding carboxylic acids is 1. The van der Waals surface area contributed by atoms with Gasteiger partial charge in [0.05, 0.1) is 17.3 Å². The molecule has 2 aromatic carbocycles. The molecule has 1 heterocycles. The van der Waals surface area contributed by atoms with Gasteiger partial charge in [0.15, 0.2) is 11.6 Å². The van der Waals surface area contributed by atoms with Gasteiger partial charge in [-0.1, -0.05) is 44.2 Å². The maximum atomic E-state index is 13.5. The average Bonchev–Trinajstić information content (AvgIpc) is 2.59. The Morgan fingerprint density at radius 3 is 2.46 bits per heavy atom. The number of fused-ring (bicyclic) bond motifs is 1. The second-order valence-corrected chi connectivity index (χ2v) is 6.25. The van der Waals surface area contributed by atoms with Crippen LogP contribution in [-0.4, -0.2) is 15.6 Å². The lowest BCUT2D eigenvalue weighted by Gasteiger charge is -2.16. The highest BCUT2D eigenvalue weighted by Crippen LogP contribution is 2.17. The Balaban J connectivity index is 2.04. The van der Waals surface area contributed by atoms with E-state index in [4.69, 9.17) is 0 Å². The van der Waals surface area contributed by atoms with Crippen LogP contribution in [0.4, 0.5) is 8.78 Å². The van der Waals surface area contributed by atoms with E-state index in [9.17, 15) is 18.4 Å². The van der Waals surface area contributed by atoms with Gasteiger partial charge in [-0.25, -0.2) is 18.4 Å². The maximum absolute atomic E-state index is 13.5. The lowest BCUT2D eigenvalue weighted by Crippen LogP contribution is -2.37. The summed E-state index contributed by atoms with van der Waals surface area (Å²) in [5.74, 6) is -2.60. The van der Waals surface area contributed by atoms with E-state index in [0.29, 0.717) is 0 Å². The van der Waals surface area contributed by atoms with Crippen LogP contribution in [0.5, 0.6) is 0 Å². The zero-order valence-electron chi connectivity index (χ0n) is 14.3. The first-order chi connectivity index (χ1) is 12.4. The molecule has 1 amide bonds. The number of aromatic nitrogens is 2. The molecular weight excluding hydrogens is 340 g/mol. The predicted octanol–water partition coefficient (Wildman–Crippen LogP) is 3.11. The molecule has 0 aliphatic heterocycles. The molecule has 0 spiro atoms. The monoisotopic (exact) mass is 357 g/mol. The van der Waals surface area contributed by atoms with Gasteiger partial charge < -0.3 is 0 Å². The lowest BCUT2D eigenvalue weighted by molar-refractivity contribution is -0.116. The third-order valence-electron chi connectivity index (χ3n) is 3.90. The molecule has 0 saturated heterocycles. The first kappa shape index (κ1) is 17.7. The SMILES string of the molecule is CC(C)c1nc2cc(F)c(F)cc2c(=O)n1NC(=O)Cc1ccccc1. The topological polar surface area (TPSA) is 64.0 Å². The second kappa shape index (κ2) is 7.03. The minimum atomic E-state index is -1.14. The van der Waals surface area contributed by atoms with Crippen LogP contribution in [0.25, 0.3) is 10.9 Å². The summed E-state index contributed by atoms with van der Waals surface area (Å²) in [5.41, 5.74) is 2.70. The second-order valence-electron chi connectivity index (χ2n) is 6.25. The molecular formula is C19H17F2N3O2. The number of hydrogen-bond donors (Lipinski definition) is 1. The minimum absolute atomic E-state index is 0.0474. The fourth-order valence-electron chi connectivity index (χ4n) is 2.64. The van der Waals surface area contributed by atoms with E-state index in [2.05, 4.69) is 10.4 Å². The van der Waals surface area contributed by atoms with E-state index in [1.54, 1.807) is 26.0 Å². The van der Waals surface area contributed by atoms with Crippen molar-refractivity contribution in [3.05, 3.63) is 75.8 Å². The number of carbonyl (C=O) groups is 1. The molecule has 134 valence electrons. The Hall–Kier alpha value is -3.09. The van der Waals surface area contributed by atoms with Gasteiger partial charge in [-0.05, 0) is 11.6 Å². The summed E-state index contributed by atoms with van der Waals surface area (Å²) in [6.07, 6.45) is 0.0701. The van der Waals surface area contributed by atoms with Gasteiger partial charge in [0.2, 0.25) is 5.91 Å². The summed E-state index contributed by atoms with van der Waals surface area (Å²) in [6.45, 7) is 3.57. The molecule has 0 fully saturated rings. The van der Waals surface area contributed by atoms with Crippen molar-refractivity contribution in [1.29, 1.82) is 0 Å². The first-order valence-electron chi connectivity index (χ1n) is 8.12. The van der Waals surface area contributed by atoms with Crippen molar-refractivity contribution in [2.24, 2.45) is 0 Å². The summed E-state index contributed by atoms with van der Waals surface area (Å²) in [4.78, 5) is 29.3. The van der Waals surface area contributed by atoms with Crippen LogP contribution in [0, 0.1) is 11.6 Å². The van der Waals surface area contributed by atoms with Gasteiger partial charge >= 0.3 is 0 Å². The fraction of sp³-hybridized carbons (Fsp3) is 0.211. The minimum Gasteiger partial charge on any atom is -0.273 e. The number of nitrogens with zero attached hydrogens (tertiary/aromatic N) is 2. The quantitative estimate of drug-likeness (QED) is 0.780. The highest BCUT2D eigenvalue weighted by Gasteiger charge is 2.18. The van der Waals surface area contributed by atoms with Crippen LogP contribution in [0.3, 0.4) is 0 Å². The average molecular weight is 357 g/mol. The zero-order chi connectivity index (χ0) is 18.8. The van der Waals surface area contributed by atoms with Crippen molar-refractivity contribution in [1.82, 2.24) is 9.66 Å². The number of hydrogen-bond acceptors (Lipinski definition) is 3. The molecule has 1 aromatic heterocycles. The van der Waals surface area contributed by atoms with E-state index in [1.165, 1.54) is 0 Å². The predicted molar refractivity (Wildman–Crippen MR) is 94.5 cm³/mol. The molecule has 0 bridgehead atoms. The molecule has 1 N–H and O–H groups in total. The van der Waals surface area contributed by atoms with Crippen molar-refractivity contribution in [3.63, 3.8) is 0 Å². The molecule has 26 heavy (non-hydrogen) atoms. The van der Waals surface area contributed by atoms with Crippen molar-refractivity contribution in [2.75, 3.05) is 5.43 Å². The zero-order valence-corrected chi connectivity index (χ0v) is 14.3. The van der Waals surface area contributed by atoms with E-state index >= 15 is 0 Å². The summed E-state index contributed by atoms with van der Waals surface area (Å²) in [6, 6.07) is 10.7. The number of halogens is 2. The summed E-state index contributed by atoms with van der Waals surface area (Å²) >= 11 is 0. The molecule has 0 saturated carbocycles. The van der Waals surface area contributed by atoms with E-state index in [1.807, 2.05) is 18.2 Å². The Bertz CT molecular complexity index is 1030. The molecule has 5 nitrogen and oxygen atoms in total. The van der Waals surface area contributed by atoms with Crippen molar-refractivity contribution in [3.8, 4) is 0 Å². The van der Waals surface area contributed by atoms with E-state index < -0.39 is 23.1 Å². The number of rotatable bonds is 4. The first-order valence-corrected chi connectivity index (χ1v) is 8.12. The molecule has 3 rings (SSSR count). The van der Waals surface area contributed by atoms with Gasteiger partial charge in [0, 0.05) is 12.0 Å². The fourth-order valence-corrected chi connectivity index (χ4v) is 2.64. The Kier molecular flexibility index (Phi) is 4.79. The number of nitrogens with one attached hydrogen (secondary N) is 1. The summed E-state index contributed by atoms with van der Waals surface area (Å²) in [5, 5.41) is -0.103. The number of benzene rings is 2. The van der Waals surface area contributed by atoms with Gasteiger partial charge in [-0.2, -0.15) is 0 Å². The van der Waals surface area contributed by atoms with Crippen LogP contribution in [-0.2, 0) is 11.2 Å². The summed E-state index contributed by atoms with van der Waals surface area (Å²) < 4.78 is 28.0. The third-order valence-corrected chi connectivity index (χ3v) is 3.90. The van der Waals surface area contributed by atoms with Crippen molar-refractivity contribution >= 4 is 16.8 Å². The lowest BCUT2D eigenvalue weighted by atomic mass is 10.1. The largest absolute Gasteiger partial charge is 0.280 e. The Morgan fingerprint density at radius 1 is 1.15 bits per heavy atom. The molecule has 0 atom stereocenters. The maximum Gasteiger partial charge on any atom is 0.280 e. The van der Waals surface area contributed by atoms with Crippen LogP contribution >= 0.6 is 0 Å². The van der Waals surface area contributed by atoms with Crippen LogP contribution in [0.2, 0.25) is 0 Å². The molecule has 3 aromatic rings. The van der Waals surface area contributed by atoms with E-state index in [0.717, 1.165) is 22.4 Å². The number of amides is 1. The smallest absolute Gasteiger partial charge is 0.273 e. The van der Waals surface area contributed by atoms with Crippen LogP contribution in [0.1, 0.15) is 31.2 Å². The molecule has 0 radical (unpaired) electrons. The molecule has 0 aliphatic rings. The third kappa shape index (κ3) is 3.46. The van der Waals surface area contributed by atoms with E-state index in [-0.39, 0.29) is 29.1 Å². The molecule has 0 aliphatic carbocycles. The Labute approximate surface area is 148 Å².